The van der Waals surface area contributed by atoms with Gasteiger partial charge in [0.05, 0.1) is 5.69 Å². The van der Waals surface area contributed by atoms with Crippen molar-refractivity contribution in [1.82, 2.24) is 9.78 Å². The van der Waals surface area contributed by atoms with E-state index in [9.17, 15) is 0 Å². The summed E-state index contributed by atoms with van der Waals surface area (Å²) in [6.45, 7) is 2.64. The number of nitrogens with one attached hydrogen (secondary N) is 1. The van der Waals surface area contributed by atoms with Crippen molar-refractivity contribution in [2.45, 2.75) is 6.92 Å². The number of benzene rings is 1. The van der Waals surface area contributed by atoms with Gasteiger partial charge in [-0.3, -0.25) is 0 Å². The summed E-state index contributed by atoms with van der Waals surface area (Å²) in [5.74, 6) is 0.881. The maximum absolute atomic E-state index is 9.06. The van der Waals surface area contributed by atoms with Gasteiger partial charge in [-0.05, 0) is 19.1 Å². The Kier molecular flexibility index (Phi) is 2.97. The molecule has 0 spiro atoms. The number of anilines is 2. The minimum atomic E-state index is 0.356. The van der Waals surface area contributed by atoms with E-state index in [1.54, 1.807) is 4.68 Å². The molecule has 0 aliphatic rings. The smallest absolute Gasteiger partial charge is 0.168 e. The molecule has 0 aliphatic heterocycles. The molecule has 1 aromatic carbocycles. The Balaban J connectivity index is 2.54. The Hall–Kier alpha value is -2.48. The zero-order valence-electron chi connectivity index (χ0n) is 9.51. The largest absolute Gasteiger partial charge is 0.382 e. The first-order chi connectivity index (χ1) is 8.27. The van der Waals surface area contributed by atoms with Crippen LogP contribution in [-0.2, 0) is 0 Å². The lowest BCUT2D eigenvalue weighted by molar-refractivity contribution is 0.890. The second-order valence-electron chi connectivity index (χ2n) is 3.50. The SMILES string of the molecule is CCNc1nn(-c2ccccc2)c(N)c1C#N. The number of nitrogens with two attached hydrogens (primary N) is 1. The van der Waals surface area contributed by atoms with Gasteiger partial charge in [0.15, 0.2) is 5.82 Å². The van der Waals surface area contributed by atoms with E-state index in [-0.39, 0.29) is 0 Å². The Labute approximate surface area is 99.5 Å². The highest BCUT2D eigenvalue weighted by Gasteiger charge is 2.15. The molecule has 5 nitrogen and oxygen atoms in total. The van der Waals surface area contributed by atoms with Crippen molar-refractivity contribution >= 4 is 11.6 Å². The van der Waals surface area contributed by atoms with E-state index in [1.807, 2.05) is 37.3 Å². The quantitative estimate of drug-likeness (QED) is 0.837. The first-order valence-corrected chi connectivity index (χ1v) is 5.35. The van der Waals surface area contributed by atoms with E-state index < -0.39 is 0 Å². The van der Waals surface area contributed by atoms with Gasteiger partial charge in [-0.25, -0.2) is 4.68 Å². The van der Waals surface area contributed by atoms with E-state index in [0.29, 0.717) is 23.7 Å². The maximum Gasteiger partial charge on any atom is 0.168 e. The van der Waals surface area contributed by atoms with Gasteiger partial charge in [0.1, 0.15) is 17.5 Å². The molecule has 0 atom stereocenters. The molecule has 0 bridgehead atoms. The second-order valence-corrected chi connectivity index (χ2v) is 3.50. The van der Waals surface area contributed by atoms with Gasteiger partial charge in [-0.1, -0.05) is 18.2 Å². The van der Waals surface area contributed by atoms with Gasteiger partial charge in [-0.2, -0.15) is 5.26 Å². The second kappa shape index (κ2) is 4.58. The molecular formula is C12H13N5. The molecule has 0 aliphatic carbocycles. The van der Waals surface area contributed by atoms with E-state index in [1.165, 1.54) is 0 Å². The van der Waals surface area contributed by atoms with Crippen LogP contribution < -0.4 is 11.1 Å². The first kappa shape index (κ1) is 11.0. The standard InChI is InChI=1S/C12H13N5/c1-2-15-12-10(8-13)11(14)17(16-12)9-6-4-3-5-7-9/h3-7H,2,14H2,1H3,(H,15,16). The predicted octanol–water partition coefficient (Wildman–Crippen LogP) is 1.76. The summed E-state index contributed by atoms with van der Waals surface area (Å²) in [5.41, 5.74) is 7.14. The van der Waals surface area contributed by atoms with E-state index in [0.717, 1.165) is 5.69 Å². The molecule has 0 saturated heterocycles. The minimum absolute atomic E-state index is 0.356. The molecular weight excluding hydrogens is 214 g/mol. The molecule has 1 aromatic heterocycles. The Morgan fingerprint density at radius 2 is 2.12 bits per heavy atom. The number of aromatic nitrogens is 2. The van der Waals surface area contributed by atoms with Crippen molar-refractivity contribution < 1.29 is 0 Å². The van der Waals surface area contributed by atoms with E-state index in [4.69, 9.17) is 11.0 Å². The number of hydrogen-bond acceptors (Lipinski definition) is 4. The third-order valence-electron chi connectivity index (χ3n) is 2.38. The van der Waals surface area contributed by atoms with Crippen molar-refractivity contribution in [1.29, 1.82) is 5.26 Å². The van der Waals surface area contributed by atoms with Crippen LogP contribution in [-0.4, -0.2) is 16.3 Å². The van der Waals surface area contributed by atoms with Crippen LogP contribution in [0, 0.1) is 11.3 Å². The van der Waals surface area contributed by atoms with Gasteiger partial charge in [0, 0.05) is 6.54 Å². The summed E-state index contributed by atoms with van der Waals surface area (Å²) < 4.78 is 1.57. The first-order valence-electron chi connectivity index (χ1n) is 5.35. The van der Waals surface area contributed by atoms with Crippen molar-refractivity contribution in [2.75, 3.05) is 17.6 Å². The molecule has 0 fully saturated rings. The summed E-state index contributed by atoms with van der Waals surface area (Å²) in [6.07, 6.45) is 0. The van der Waals surface area contributed by atoms with Crippen LogP contribution in [0.3, 0.4) is 0 Å². The number of para-hydroxylation sites is 1. The number of nitriles is 1. The normalized spacial score (nSPS) is 9.88. The van der Waals surface area contributed by atoms with Crippen molar-refractivity contribution in [3.05, 3.63) is 35.9 Å². The third-order valence-corrected chi connectivity index (χ3v) is 2.38. The van der Waals surface area contributed by atoms with Crippen LogP contribution in [0.5, 0.6) is 0 Å². The zero-order valence-corrected chi connectivity index (χ0v) is 9.51. The fourth-order valence-electron chi connectivity index (χ4n) is 1.60. The lowest BCUT2D eigenvalue weighted by atomic mass is 10.3. The average Bonchev–Trinajstić information content (AvgIpc) is 2.67. The third kappa shape index (κ3) is 1.93. The molecule has 17 heavy (non-hydrogen) atoms. The zero-order chi connectivity index (χ0) is 12.3. The van der Waals surface area contributed by atoms with Crippen LogP contribution >= 0.6 is 0 Å². The monoisotopic (exact) mass is 227 g/mol. The fourth-order valence-corrected chi connectivity index (χ4v) is 1.60. The van der Waals surface area contributed by atoms with Crippen molar-refractivity contribution in [2.24, 2.45) is 0 Å². The van der Waals surface area contributed by atoms with Crippen molar-refractivity contribution in [3.63, 3.8) is 0 Å². The Morgan fingerprint density at radius 3 is 2.71 bits per heavy atom. The molecule has 0 unspecified atom stereocenters. The van der Waals surface area contributed by atoms with Crippen LogP contribution in [0.2, 0.25) is 0 Å². The number of hydrogen-bond donors (Lipinski definition) is 2. The van der Waals surface area contributed by atoms with Gasteiger partial charge in [0.2, 0.25) is 0 Å². The average molecular weight is 227 g/mol. The molecule has 3 N–H and O–H groups in total. The topological polar surface area (TPSA) is 79.7 Å². The van der Waals surface area contributed by atoms with Gasteiger partial charge in [-0.15, -0.1) is 5.10 Å². The molecule has 2 rings (SSSR count). The number of nitrogens with zero attached hydrogens (tertiary/aromatic N) is 3. The summed E-state index contributed by atoms with van der Waals surface area (Å²) in [7, 11) is 0. The molecule has 0 amide bonds. The van der Waals surface area contributed by atoms with E-state index >= 15 is 0 Å². The van der Waals surface area contributed by atoms with Crippen LogP contribution in [0.15, 0.2) is 30.3 Å². The van der Waals surface area contributed by atoms with Gasteiger partial charge < -0.3 is 11.1 Å². The van der Waals surface area contributed by atoms with Gasteiger partial charge >= 0.3 is 0 Å². The number of nitrogen functional groups attached to an aromatic ring is 1. The number of rotatable bonds is 3. The Bertz CT molecular complexity index is 550. The van der Waals surface area contributed by atoms with Crippen molar-refractivity contribution in [3.8, 4) is 11.8 Å². The van der Waals surface area contributed by atoms with Crippen LogP contribution in [0.1, 0.15) is 12.5 Å². The molecule has 86 valence electrons. The summed E-state index contributed by atoms with van der Waals surface area (Å²) >= 11 is 0. The maximum atomic E-state index is 9.06. The highest BCUT2D eigenvalue weighted by atomic mass is 15.3. The van der Waals surface area contributed by atoms with Gasteiger partial charge in [0.25, 0.3) is 0 Å². The molecule has 5 heteroatoms. The summed E-state index contributed by atoms with van der Waals surface area (Å²) in [4.78, 5) is 0. The molecule has 0 saturated carbocycles. The fraction of sp³-hybridized carbons (Fsp3) is 0.167. The highest BCUT2D eigenvalue weighted by Crippen LogP contribution is 2.23. The summed E-state index contributed by atoms with van der Waals surface area (Å²) in [5, 5.41) is 16.4. The molecule has 0 radical (unpaired) electrons. The molecule has 2 aromatic rings. The molecule has 1 heterocycles. The minimum Gasteiger partial charge on any atom is -0.382 e. The highest BCUT2D eigenvalue weighted by molar-refractivity contribution is 5.66. The lowest BCUT2D eigenvalue weighted by Gasteiger charge is -2.02. The van der Waals surface area contributed by atoms with E-state index in [2.05, 4.69) is 16.5 Å². The van der Waals surface area contributed by atoms with Crippen LogP contribution in [0.4, 0.5) is 11.6 Å². The predicted molar refractivity (Wildman–Crippen MR) is 66.9 cm³/mol. The lowest BCUT2D eigenvalue weighted by Crippen LogP contribution is -2.02. The van der Waals surface area contributed by atoms with Crippen LogP contribution in [0.25, 0.3) is 5.69 Å². The summed E-state index contributed by atoms with van der Waals surface area (Å²) in [6, 6.07) is 11.6. The Morgan fingerprint density at radius 1 is 1.41 bits per heavy atom.